The van der Waals surface area contributed by atoms with E-state index in [1.807, 2.05) is 0 Å². The summed E-state index contributed by atoms with van der Waals surface area (Å²) in [6.07, 6.45) is 0.0989. The third kappa shape index (κ3) is 2.39. The molecule has 1 heterocycles. The number of hydrogen-bond acceptors (Lipinski definition) is 6. The van der Waals surface area contributed by atoms with Crippen LogP contribution in [-0.2, 0) is 6.42 Å². The van der Waals surface area contributed by atoms with Crippen LogP contribution in [0.4, 0.5) is 0 Å². The Labute approximate surface area is 125 Å². The van der Waals surface area contributed by atoms with Gasteiger partial charge in [0.15, 0.2) is 17.3 Å². The number of fused-ring (bicyclic) bond motifs is 1. The fourth-order valence-electron chi connectivity index (χ4n) is 2.56. The van der Waals surface area contributed by atoms with Crippen LogP contribution in [0.2, 0.25) is 0 Å². The molecule has 114 valence electrons. The van der Waals surface area contributed by atoms with Crippen LogP contribution in [0.25, 0.3) is 0 Å². The molecule has 0 spiro atoms. The van der Waals surface area contributed by atoms with E-state index in [1.54, 1.807) is 0 Å². The Morgan fingerprint density at radius 3 is 2.59 bits per heavy atom. The first-order valence-corrected chi connectivity index (χ1v) is 6.69. The fraction of sp³-hybridized carbons (Fsp3) is 0.188. The van der Waals surface area contributed by atoms with Gasteiger partial charge < -0.3 is 25.2 Å². The molecule has 22 heavy (non-hydrogen) atoms. The van der Waals surface area contributed by atoms with Gasteiger partial charge in [0.05, 0.1) is 18.1 Å². The number of carbonyl (C=O) groups is 1. The number of Topliss-reactive ketones (excluding diaryl/α,β-unsaturated/α-hetero) is 1. The SMILES string of the molecule is O=C1c2cc(O)ccc2OC[C@@H]1Cc1cc(O)cc(O)c1O. The molecular formula is C16H14O6. The van der Waals surface area contributed by atoms with Crippen LogP contribution in [0, 0.1) is 5.92 Å². The Hall–Kier alpha value is -2.89. The van der Waals surface area contributed by atoms with Crippen LogP contribution in [0.3, 0.4) is 0 Å². The minimum Gasteiger partial charge on any atom is -0.508 e. The van der Waals surface area contributed by atoms with Crippen molar-refractivity contribution >= 4 is 5.78 Å². The second-order valence-corrected chi connectivity index (χ2v) is 5.23. The van der Waals surface area contributed by atoms with Crippen molar-refractivity contribution in [3.05, 3.63) is 41.5 Å². The van der Waals surface area contributed by atoms with Crippen LogP contribution in [0.5, 0.6) is 28.7 Å². The molecule has 0 radical (unpaired) electrons. The van der Waals surface area contributed by atoms with Gasteiger partial charge in [0, 0.05) is 11.6 Å². The highest BCUT2D eigenvalue weighted by molar-refractivity contribution is 6.01. The van der Waals surface area contributed by atoms with Gasteiger partial charge in [0.2, 0.25) is 0 Å². The van der Waals surface area contributed by atoms with Gasteiger partial charge in [0.25, 0.3) is 0 Å². The van der Waals surface area contributed by atoms with Gasteiger partial charge in [-0.1, -0.05) is 0 Å². The lowest BCUT2D eigenvalue weighted by Crippen LogP contribution is -2.29. The van der Waals surface area contributed by atoms with E-state index in [0.29, 0.717) is 5.75 Å². The van der Waals surface area contributed by atoms with Crippen molar-refractivity contribution in [1.82, 2.24) is 0 Å². The van der Waals surface area contributed by atoms with Gasteiger partial charge >= 0.3 is 0 Å². The second-order valence-electron chi connectivity index (χ2n) is 5.23. The predicted molar refractivity (Wildman–Crippen MR) is 76.6 cm³/mol. The first-order chi connectivity index (χ1) is 10.5. The van der Waals surface area contributed by atoms with Crippen molar-refractivity contribution in [2.24, 2.45) is 5.92 Å². The minimum atomic E-state index is -0.582. The van der Waals surface area contributed by atoms with Crippen molar-refractivity contribution in [1.29, 1.82) is 0 Å². The quantitative estimate of drug-likeness (QED) is 0.499. The number of phenols is 4. The molecule has 0 bridgehead atoms. The number of hydrogen-bond donors (Lipinski definition) is 4. The Morgan fingerprint density at radius 2 is 1.82 bits per heavy atom. The molecule has 3 rings (SSSR count). The molecule has 1 aliphatic heterocycles. The van der Waals surface area contributed by atoms with Crippen LogP contribution in [0.15, 0.2) is 30.3 Å². The molecule has 1 atom stereocenters. The van der Waals surface area contributed by atoms with Gasteiger partial charge in [-0.3, -0.25) is 4.79 Å². The van der Waals surface area contributed by atoms with Gasteiger partial charge in [-0.25, -0.2) is 0 Å². The molecule has 0 saturated carbocycles. The van der Waals surface area contributed by atoms with Gasteiger partial charge in [-0.15, -0.1) is 0 Å². The molecule has 2 aromatic rings. The molecule has 0 unspecified atom stereocenters. The second kappa shape index (κ2) is 5.14. The topological polar surface area (TPSA) is 107 Å². The zero-order valence-electron chi connectivity index (χ0n) is 11.5. The number of rotatable bonds is 2. The lowest BCUT2D eigenvalue weighted by atomic mass is 9.89. The molecule has 0 aromatic heterocycles. The van der Waals surface area contributed by atoms with E-state index >= 15 is 0 Å². The van der Waals surface area contributed by atoms with Crippen LogP contribution in [0.1, 0.15) is 15.9 Å². The summed E-state index contributed by atoms with van der Waals surface area (Å²) in [6.45, 7) is 0.118. The van der Waals surface area contributed by atoms with E-state index in [1.165, 1.54) is 24.3 Å². The molecule has 6 heteroatoms. The lowest BCUT2D eigenvalue weighted by Gasteiger charge is -2.24. The van der Waals surface area contributed by atoms with Crippen molar-refractivity contribution in [3.63, 3.8) is 0 Å². The Morgan fingerprint density at radius 1 is 1.05 bits per heavy atom. The normalized spacial score (nSPS) is 16.9. The molecule has 0 saturated heterocycles. The van der Waals surface area contributed by atoms with Gasteiger partial charge in [-0.05, 0) is 30.7 Å². The maximum absolute atomic E-state index is 12.5. The zero-order valence-corrected chi connectivity index (χ0v) is 11.5. The van der Waals surface area contributed by atoms with Crippen LogP contribution >= 0.6 is 0 Å². The number of ketones is 1. The summed E-state index contributed by atoms with van der Waals surface area (Å²) in [5.74, 6) is -1.45. The number of aromatic hydroxyl groups is 4. The van der Waals surface area contributed by atoms with Crippen molar-refractivity contribution < 1.29 is 30.0 Å². The fourth-order valence-corrected chi connectivity index (χ4v) is 2.56. The van der Waals surface area contributed by atoms with E-state index in [2.05, 4.69) is 0 Å². The highest BCUT2D eigenvalue weighted by Crippen LogP contribution is 2.37. The summed E-state index contributed by atoms with van der Waals surface area (Å²) in [5, 5.41) is 38.3. The van der Waals surface area contributed by atoms with Crippen LogP contribution in [-0.4, -0.2) is 32.8 Å². The molecule has 1 aliphatic rings. The van der Waals surface area contributed by atoms with E-state index in [9.17, 15) is 25.2 Å². The summed E-state index contributed by atoms with van der Waals surface area (Å²) < 4.78 is 5.50. The Kier molecular flexibility index (Phi) is 3.29. The summed E-state index contributed by atoms with van der Waals surface area (Å²) in [7, 11) is 0. The molecule has 0 amide bonds. The molecular weight excluding hydrogens is 288 g/mol. The monoisotopic (exact) mass is 302 g/mol. The number of ether oxygens (including phenoxy) is 1. The number of benzene rings is 2. The molecule has 6 nitrogen and oxygen atoms in total. The molecule has 0 fully saturated rings. The van der Waals surface area contributed by atoms with Crippen LogP contribution < -0.4 is 4.74 Å². The average molecular weight is 302 g/mol. The third-order valence-corrected chi connectivity index (χ3v) is 3.66. The molecule has 0 aliphatic carbocycles. The predicted octanol–water partition coefficient (Wildman–Crippen LogP) is 1.94. The summed E-state index contributed by atoms with van der Waals surface area (Å²) >= 11 is 0. The van der Waals surface area contributed by atoms with Crippen molar-refractivity contribution in [2.45, 2.75) is 6.42 Å². The third-order valence-electron chi connectivity index (χ3n) is 3.66. The summed E-state index contributed by atoms with van der Waals surface area (Å²) in [6, 6.07) is 6.61. The molecule has 2 aromatic carbocycles. The standard InChI is InChI=1S/C16H14O6/c17-10-1-2-14-12(5-10)15(20)9(7-22-14)3-8-4-11(18)6-13(19)16(8)21/h1-2,4-6,9,17-19,21H,3,7H2/t9-/m0/s1. The molecule has 4 N–H and O–H groups in total. The lowest BCUT2D eigenvalue weighted by molar-refractivity contribution is 0.0829. The Bertz CT molecular complexity index is 753. The van der Waals surface area contributed by atoms with Gasteiger partial charge in [-0.2, -0.15) is 0 Å². The zero-order chi connectivity index (χ0) is 15.9. The maximum Gasteiger partial charge on any atom is 0.173 e. The van der Waals surface area contributed by atoms with E-state index in [-0.39, 0.29) is 47.2 Å². The first kappa shape index (κ1) is 14.1. The van der Waals surface area contributed by atoms with Crippen molar-refractivity contribution in [2.75, 3.05) is 6.61 Å². The van der Waals surface area contributed by atoms with Gasteiger partial charge in [0.1, 0.15) is 17.2 Å². The maximum atomic E-state index is 12.5. The minimum absolute atomic E-state index is 0.0332. The number of phenolic OH excluding ortho intramolecular Hbond substituents is 4. The highest BCUT2D eigenvalue weighted by Gasteiger charge is 2.30. The largest absolute Gasteiger partial charge is 0.508 e. The smallest absolute Gasteiger partial charge is 0.173 e. The average Bonchev–Trinajstić information content (AvgIpc) is 2.47. The van der Waals surface area contributed by atoms with E-state index in [0.717, 1.165) is 6.07 Å². The van der Waals surface area contributed by atoms with E-state index in [4.69, 9.17) is 4.74 Å². The summed E-state index contributed by atoms with van der Waals surface area (Å²) in [4.78, 5) is 12.5. The van der Waals surface area contributed by atoms with Crippen molar-refractivity contribution in [3.8, 4) is 28.7 Å². The summed E-state index contributed by atoms with van der Waals surface area (Å²) in [5.41, 5.74) is 0.531. The Balaban J connectivity index is 1.90. The first-order valence-electron chi connectivity index (χ1n) is 6.69. The number of carbonyl (C=O) groups excluding carboxylic acids is 1. The highest BCUT2D eigenvalue weighted by atomic mass is 16.5. The van der Waals surface area contributed by atoms with E-state index < -0.39 is 11.7 Å².